The average Bonchev–Trinajstić information content (AvgIpc) is 3.24. The van der Waals surface area contributed by atoms with Crippen LogP contribution in [0, 0.1) is 18.8 Å². The predicted octanol–water partition coefficient (Wildman–Crippen LogP) is 3.96. The maximum atomic E-state index is 12.7. The summed E-state index contributed by atoms with van der Waals surface area (Å²) in [4.78, 5) is 25.0. The standard InChI is InChI=1S/C20H23NO3S/c1-13-9-10-25-18(13)17(11-14-5-3-2-4-6-14)21-19(22)15-7-8-16(12-15)20(23)24/h2-6,9-10,15-17H,7-8,11-12H2,1H3,(H,21,22)(H,23,24)/t15-,16+,17?/m1/s1. The quantitative estimate of drug-likeness (QED) is 0.822. The zero-order valence-corrected chi connectivity index (χ0v) is 15.1. The van der Waals surface area contributed by atoms with Crippen LogP contribution in [0.15, 0.2) is 41.8 Å². The number of aliphatic carboxylic acids is 1. The van der Waals surface area contributed by atoms with Crippen LogP contribution in [0.5, 0.6) is 0 Å². The highest BCUT2D eigenvalue weighted by atomic mass is 32.1. The van der Waals surface area contributed by atoms with E-state index in [1.165, 1.54) is 16.0 Å². The smallest absolute Gasteiger partial charge is 0.306 e. The summed E-state index contributed by atoms with van der Waals surface area (Å²) in [7, 11) is 0. The molecule has 0 aliphatic heterocycles. The van der Waals surface area contributed by atoms with Crippen molar-refractivity contribution in [3.05, 3.63) is 57.8 Å². The van der Waals surface area contributed by atoms with Crippen LogP contribution >= 0.6 is 11.3 Å². The Hall–Kier alpha value is -2.14. The molecule has 25 heavy (non-hydrogen) atoms. The zero-order chi connectivity index (χ0) is 17.8. The Kier molecular flexibility index (Phi) is 5.53. The lowest BCUT2D eigenvalue weighted by Crippen LogP contribution is -2.34. The van der Waals surface area contributed by atoms with E-state index in [9.17, 15) is 9.59 Å². The largest absolute Gasteiger partial charge is 0.481 e. The molecule has 2 N–H and O–H groups in total. The molecule has 0 bridgehead atoms. The summed E-state index contributed by atoms with van der Waals surface area (Å²) >= 11 is 1.66. The molecule has 1 aliphatic rings. The van der Waals surface area contributed by atoms with Gasteiger partial charge in [0, 0.05) is 10.8 Å². The third-order valence-corrected chi connectivity index (χ3v) is 6.10. The summed E-state index contributed by atoms with van der Waals surface area (Å²) in [6.45, 7) is 2.06. The number of carboxylic acids is 1. The molecule has 1 heterocycles. The summed E-state index contributed by atoms with van der Waals surface area (Å²) in [5.41, 5.74) is 2.36. The number of thiophene rings is 1. The second kappa shape index (κ2) is 7.83. The number of aryl methyl sites for hydroxylation is 1. The van der Waals surface area contributed by atoms with Gasteiger partial charge < -0.3 is 10.4 Å². The van der Waals surface area contributed by atoms with Gasteiger partial charge in [-0.15, -0.1) is 11.3 Å². The number of amides is 1. The number of hydrogen-bond donors (Lipinski definition) is 2. The second-order valence-electron chi connectivity index (χ2n) is 6.76. The van der Waals surface area contributed by atoms with E-state index in [0.29, 0.717) is 19.3 Å². The van der Waals surface area contributed by atoms with Crippen molar-refractivity contribution in [3.63, 3.8) is 0 Å². The lowest BCUT2D eigenvalue weighted by atomic mass is 10.00. The monoisotopic (exact) mass is 357 g/mol. The van der Waals surface area contributed by atoms with Crippen LogP contribution < -0.4 is 5.32 Å². The highest BCUT2D eigenvalue weighted by Crippen LogP contribution is 2.33. The molecule has 0 saturated heterocycles. The van der Waals surface area contributed by atoms with E-state index in [4.69, 9.17) is 5.11 Å². The minimum Gasteiger partial charge on any atom is -0.481 e. The van der Waals surface area contributed by atoms with Crippen molar-refractivity contribution in [1.29, 1.82) is 0 Å². The molecule has 1 aliphatic carbocycles. The molecule has 2 aromatic rings. The lowest BCUT2D eigenvalue weighted by Gasteiger charge is -2.21. The van der Waals surface area contributed by atoms with Crippen molar-refractivity contribution < 1.29 is 14.7 Å². The Morgan fingerprint density at radius 1 is 1.20 bits per heavy atom. The topological polar surface area (TPSA) is 66.4 Å². The molecule has 4 nitrogen and oxygen atoms in total. The molecule has 0 radical (unpaired) electrons. The minimum absolute atomic E-state index is 0.0162. The van der Waals surface area contributed by atoms with E-state index in [-0.39, 0.29) is 23.8 Å². The van der Waals surface area contributed by atoms with E-state index < -0.39 is 5.97 Å². The summed E-state index contributed by atoms with van der Waals surface area (Å²) in [6, 6.07) is 12.1. The number of carboxylic acid groups (broad SMARTS) is 1. The van der Waals surface area contributed by atoms with Gasteiger partial charge >= 0.3 is 5.97 Å². The van der Waals surface area contributed by atoms with Crippen LogP contribution in [-0.4, -0.2) is 17.0 Å². The molecule has 1 amide bonds. The van der Waals surface area contributed by atoms with E-state index in [1.807, 2.05) is 23.6 Å². The van der Waals surface area contributed by atoms with Crippen LogP contribution in [0.3, 0.4) is 0 Å². The van der Waals surface area contributed by atoms with Crippen molar-refractivity contribution >= 4 is 23.2 Å². The van der Waals surface area contributed by atoms with Crippen molar-refractivity contribution in [2.45, 2.75) is 38.6 Å². The van der Waals surface area contributed by atoms with Gasteiger partial charge in [0.25, 0.3) is 0 Å². The van der Waals surface area contributed by atoms with Gasteiger partial charge in [0.05, 0.1) is 12.0 Å². The first-order chi connectivity index (χ1) is 12.0. The fraction of sp³-hybridized carbons (Fsp3) is 0.400. The van der Waals surface area contributed by atoms with Crippen LogP contribution in [0.2, 0.25) is 0 Å². The van der Waals surface area contributed by atoms with Crippen molar-refractivity contribution in [2.24, 2.45) is 11.8 Å². The van der Waals surface area contributed by atoms with Crippen molar-refractivity contribution in [2.75, 3.05) is 0 Å². The van der Waals surface area contributed by atoms with Crippen molar-refractivity contribution in [3.8, 4) is 0 Å². The van der Waals surface area contributed by atoms with Crippen LogP contribution in [0.4, 0.5) is 0 Å². The first-order valence-electron chi connectivity index (χ1n) is 8.65. The molecule has 3 rings (SSSR count). The SMILES string of the molecule is Cc1ccsc1C(Cc1ccccc1)NC(=O)[C@@H]1CC[C@H](C(=O)O)C1. The van der Waals surface area contributed by atoms with Crippen LogP contribution in [0.25, 0.3) is 0 Å². The van der Waals surface area contributed by atoms with Crippen molar-refractivity contribution in [1.82, 2.24) is 5.32 Å². The van der Waals surface area contributed by atoms with E-state index in [1.54, 1.807) is 11.3 Å². The summed E-state index contributed by atoms with van der Waals surface area (Å²) in [5, 5.41) is 14.4. The highest BCUT2D eigenvalue weighted by molar-refractivity contribution is 7.10. The molecule has 3 atom stereocenters. The molecule has 1 saturated carbocycles. The maximum absolute atomic E-state index is 12.7. The summed E-state index contributed by atoms with van der Waals surface area (Å²) in [5.74, 6) is -1.38. The Morgan fingerprint density at radius 2 is 1.92 bits per heavy atom. The van der Waals surface area contributed by atoms with Gasteiger partial charge in [-0.1, -0.05) is 30.3 Å². The van der Waals surface area contributed by atoms with Gasteiger partial charge in [0.15, 0.2) is 0 Å². The predicted molar refractivity (Wildman–Crippen MR) is 98.6 cm³/mol. The number of carbonyl (C=O) groups excluding carboxylic acids is 1. The van der Waals surface area contributed by atoms with Gasteiger partial charge in [0.1, 0.15) is 0 Å². The van der Waals surface area contributed by atoms with E-state index >= 15 is 0 Å². The number of nitrogens with one attached hydrogen (secondary N) is 1. The first-order valence-corrected chi connectivity index (χ1v) is 9.53. The van der Waals surface area contributed by atoms with E-state index in [2.05, 4.69) is 30.4 Å². The van der Waals surface area contributed by atoms with Gasteiger partial charge in [-0.2, -0.15) is 0 Å². The maximum Gasteiger partial charge on any atom is 0.306 e. The Labute approximate surface area is 151 Å². The fourth-order valence-corrected chi connectivity index (χ4v) is 4.51. The summed E-state index contributed by atoms with van der Waals surface area (Å²) < 4.78 is 0. The van der Waals surface area contributed by atoms with Crippen LogP contribution in [0.1, 0.15) is 41.3 Å². The van der Waals surface area contributed by atoms with Crippen LogP contribution in [-0.2, 0) is 16.0 Å². The molecule has 132 valence electrons. The normalized spacial score (nSPS) is 21.0. The second-order valence-corrected chi connectivity index (χ2v) is 7.71. The molecule has 0 spiro atoms. The average molecular weight is 357 g/mol. The Balaban J connectivity index is 1.73. The lowest BCUT2D eigenvalue weighted by molar-refractivity contribution is -0.141. The third-order valence-electron chi connectivity index (χ3n) is 4.97. The number of carbonyl (C=O) groups is 2. The van der Waals surface area contributed by atoms with Gasteiger partial charge in [-0.25, -0.2) is 0 Å². The number of hydrogen-bond acceptors (Lipinski definition) is 3. The molecule has 1 fully saturated rings. The first kappa shape index (κ1) is 17.7. The molecule has 1 aromatic carbocycles. The Morgan fingerprint density at radius 3 is 2.52 bits per heavy atom. The van der Waals surface area contributed by atoms with E-state index in [0.717, 1.165) is 6.42 Å². The number of benzene rings is 1. The third kappa shape index (κ3) is 4.28. The fourth-order valence-electron chi connectivity index (χ4n) is 3.53. The van der Waals surface area contributed by atoms with Gasteiger partial charge in [-0.3, -0.25) is 9.59 Å². The molecule has 1 aromatic heterocycles. The molecule has 1 unspecified atom stereocenters. The Bertz CT molecular complexity index is 740. The highest BCUT2D eigenvalue weighted by Gasteiger charge is 2.34. The molecule has 5 heteroatoms. The molecular weight excluding hydrogens is 334 g/mol. The van der Waals surface area contributed by atoms with Gasteiger partial charge in [-0.05, 0) is 55.2 Å². The minimum atomic E-state index is -0.787. The number of rotatable bonds is 6. The zero-order valence-electron chi connectivity index (χ0n) is 14.3. The summed E-state index contributed by atoms with van der Waals surface area (Å²) in [6.07, 6.45) is 2.44. The molecular formula is C20H23NO3S. The van der Waals surface area contributed by atoms with Gasteiger partial charge in [0.2, 0.25) is 5.91 Å².